The van der Waals surface area contributed by atoms with Crippen LogP contribution in [0.3, 0.4) is 0 Å². The summed E-state index contributed by atoms with van der Waals surface area (Å²) < 4.78 is 5.18. The molecular formula is C19H25NO3. The average Bonchev–Trinajstić information content (AvgIpc) is 2.62. The molecule has 0 spiro atoms. The molecule has 0 heterocycles. The quantitative estimate of drug-likeness (QED) is 0.786. The number of aliphatic hydroxyl groups excluding tert-OH is 2. The predicted octanol–water partition coefficient (Wildman–Crippen LogP) is 2.78. The maximum atomic E-state index is 11.0. The molecule has 124 valence electrons. The van der Waals surface area contributed by atoms with Crippen LogP contribution in [0.4, 0.5) is 0 Å². The van der Waals surface area contributed by atoms with E-state index in [1.807, 2.05) is 61.5 Å². The highest BCUT2D eigenvalue weighted by Gasteiger charge is 2.27. The third-order valence-corrected chi connectivity index (χ3v) is 4.08. The zero-order chi connectivity index (χ0) is 16.7. The van der Waals surface area contributed by atoms with Crippen LogP contribution in [0, 0.1) is 0 Å². The molecule has 2 N–H and O–H groups in total. The van der Waals surface area contributed by atoms with Gasteiger partial charge in [-0.2, -0.15) is 0 Å². The number of aliphatic hydroxyl groups is 2. The van der Waals surface area contributed by atoms with Crippen molar-refractivity contribution in [1.29, 1.82) is 0 Å². The summed E-state index contributed by atoms with van der Waals surface area (Å²) in [5, 5.41) is 20.3. The Morgan fingerprint density at radius 3 is 2.17 bits per heavy atom. The van der Waals surface area contributed by atoms with Crippen LogP contribution < -0.4 is 4.74 Å². The van der Waals surface area contributed by atoms with E-state index < -0.39 is 6.10 Å². The van der Waals surface area contributed by atoms with Crippen LogP contribution in [0.25, 0.3) is 0 Å². The summed E-state index contributed by atoms with van der Waals surface area (Å²) in [7, 11) is 1.62. The summed E-state index contributed by atoms with van der Waals surface area (Å²) in [4.78, 5) is 2.09. The molecule has 0 aliphatic rings. The molecule has 0 aliphatic carbocycles. The highest BCUT2D eigenvalue weighted by Crippen LogP contribution is 2.34. The Kier molecular flexibility index (Phi) is 6.59. The van der Waals surface area contributed by atoms with Crippen LogP contribution in [-0.2, 0) is 0 Å². The number of hydrogen-bond acceptors (Lipinski definition) is 4. The second kappa shape index (κ2) is 8.67. The van der Waals surface area contributed by atoms with Crippen molar-refractivity contribution in [3.8, 4) is 5.75 Å². The van der Waals surface area contributed by atoms with Crippen LogP contribution in [0.1, 0.15) is 30.2 Å². The molecule has 0 aliphatic heterocycles. The minimum atomic E-state index is -0.685. The first-order valence-electron chi connectivity index (χ1n) is 7.93. The number of methoxy groups -OCH3 is 1. The zero-order valence-corrected chi connectivity index (χ0v) is 13.7. The summed E-state index contributed by atoms with van der Waals surface area (Å²) in [6.07, 6.45) is -0.685. The van der Waals surface area contributed by atoms with E-state index >= 15 is 0 Å². The first-order valence-corrected chi connectivity index (χ1v) is 7.93. The molecule has 0 saturated heterocycles. The third-order valence-electron chi connectivity index (χ3n) is 4.08. The second-order valence-electron chi connectivity index (χ2n) is 5.43. The predicted molar refractivity (Wildman–Crippen MR) is 91.5 cm³/mol. The van der Waals surface area contributed by atoms with E-state index in [4.69, 9.17) is 4.74 Å². The van der Waals surface area contributed by atoms with Crippen LogP contribution >= 0.6 is 0 Å². The Balaban J connectivity index is 2.34. The van der Waals surface area contributed by atoms with Gasteiger partial charge in [0.25, 0.3) is 0 Å². The molecule has 2 aromatic rings. The molecule has 0 radical (unpaired) electrons. The molecule has 0 aromatic heterocycles. The van der Waals surface area contributed by atoms with E-state index in [1.165, 1.54) is 0 Å². The molecule has 23 heavy (non-hydrogen) atoms. The molecular weight excluding hydrogens is 290 g/mol. The summed E-state index contributed by atoms with van der Waals surface area (Å²) in [5.74, 6) is 0.764. The lowest BCUT2D eigenvalue weighted by Crippen LogP contribution is -2.35. The maximum Gasteiger partial charge on any atom is 0.118 e. The van der Waals surface area contributed by atoms with Gasteiger partial charge in [0.1, 0.15) is 5.75 Å². The molecule has 0 bridgehead atoms. The fourth-order valence-corrected chi connectivity index (χ4v) is 2.85. The molecule has 2 aromatic carbocycles. The first kappa shape index (κ1) is 17.5. The number of rotatable bonds is 8. The van der Waals surface area contributed by atoms with Crippen molar-refractivity contribution in [2.45, 2.75) is 19.1 Å². The van der Waals surface area contributed by atoms with Gasteiger partial charge in [0.15, 0.2) is 0 Å². The van der Waals surface area contributed by atoms with Gasteiger partial charge in [0.2, 0.25) is 0 Å². The van der Waals surface area contributed by atoms with Crippen LogP contribution in [0.15, 0.2) is 54.6 Å². The second-order valence-corrected chi connectivity index (χ2v) is 5.43. The Morgan fingerprint density at radius 1 is 1.00 bits per heavy atom. The van der Waals surface area contributed by atoms with Crippen LogP contribution in [-0.4, -0.2) is 41.9 Å². The van der Waals surface area contributed by atoms with Gasteiger partial charge in [0.05, 0.1) is 25.9 Å². The Hall–Kier alpha value is -1.88. The minimum Gasteiger partial charge on any atom is -0.497 e. The topological polar surface area (TPSA) is 52.9 Å². The molecule has 4 nitrogen and oxygen atoms in total. The molecule has 4 heteroatoms. The van der Waals surface area contributed by atoms with Gasteiger partial charge in [-0.1, -0.05) is 49.4 Å². The van der Waals surface area contributed by atoms with Crippen molar-refractivity contribution in [3.05, 3.63) is 65.7 Å². The Morgan fingerprint density at radius 2 is 1.65 bits per heavy atom. The summed E-state index contributed by atoms with van der Waals surface area (Å²) in [5.41, 5.74) is 1.86. The van der Waals surface area contributed by atoms with Crippen molar-refractivity contribution in [3.63, 3.8) is 0 Å². The Labute approximate surface area is 138 Å². The third kappa shape index (κ3) is 4.32. The van der Waals surface area contributed by atoms with E-state index in [0.717, 1.165) is 23.4 Å². The van der Waals surface area contributed by atoms with Gasteiger partial charge in [-0.3, -0.25) is 4.90 Å². The number of likely N-dealkylation sites (N-methyl/N-ethyl adjacent to an activating group) is 1. The van der Waals surface area contributed by atoms with Gasteiger partial charge in [-0.15, -0.1) is 0 Å². The van der Waals surface area contributed by atoms with Crippen molar-refractivity contribution < 1.29 is 14.9 Å². The number of benzene rings is 2. The average molecular weight is 315 g/mol. The summed E-state index contributed by atoms with van der Waals surface area (Å²) in [6.45, 7) is 3.36. The first-order chi connectivity index (χ1) is 11.2. The lowest BCUT2D eigenvalue weighted by atomic mass is 9.94. The van der Waals surface area contributed by atoms with Crippen molar-refractivity contribution in [1.82, 2.24) is 4.90 Å². The van der Waals surface area contributed by atoms with Gasteiger partial charge in [0, 0.05) is 6.54 Å². The fourth-order valence-electron chi connectivity index (χ4n) is 2.85. The van der Waals surface area contributed by atoms with E-state index in [1.54, 1.807) is 7.11 Å². The molecule has 2 atom stereocenters. The van der Waals surface area contributed by atoms with Gasteiger partial charge in [-0.25, -0.2) is 0 Å². The highest BCUT2D eigenvalue weighted by atomic mass is 16.5. The largest absolute Gasteiger partial charge is 0.497 e. The maximum absolute atomic E-state index is 11.0. The van der Waals surface area contributed by atoms with Gasteiger partial charge < -0.3 is 14.9 Å². The van der Waals surface area contributed by atoms with Crippen molar-refractivity contribution >= 4 is 0 Å². The van der Waals surface area contributed by atoms with E-state index in [0.29, 0.717) is 6.54 Å². The van der Waals surface area contributed by atoms with Crippen LogP contribution in [0.5, 0.6) is 5.75 Å². The smallest absolute Gasteiger partial charge is 0.118 e. The number of hydrogen-bond donors (Lipinski definition) is 2. The Bertz CT molecular complexity index is 571. The standard InChI is InChI=1S/C19H25NO3/c1-3-20(13-14-21)18(15-7-5-4-6-8-15)19(22)16-9-11-17(23-2)12-10-16/h4-12,18-19,21-22H,3,13-14H2,1-2H3/t18-,19+/m0/s1. The summed E-state index contributed by atoms with van der Waals surface area (Å²) in [6, 6.07) is 17.2. The molecule has 0 unspecified atom stereocenters. The number of ether oxygens (including phenoxy) is 1. The summed E-state index contributed by atoms with van der Waals surface area (Å²) >= 11 is 0. The number of nitrogens with zero attached hydrogens (tertiary/aromatic N) is 1. The fraction of sp³-hybridized carbons (Fsp3) is 0.368. The highest BCUT2D eigenvalue weighted by molar-refractivity contribution is 5.31. The van der Waals surface area contributed by atoms with Crippen molar-refractivity contribution in [2.24, 2.45) is 0 Å². The monoisotopic (exact) mass is 315 g/mol. The van der Waals surface area contributed by atoms with Crippen molar-refractivity contribution in [2.75, 3.05) is 26.8 Å². The van der Waals surface area contributed by atoms with E-state index in [2.05, 4.69) is 4.90 Å². The zero-order valence-electron chi connectivity index (χ0n) is 13.7. The lowest BCUT2D eigenvalue weighted by molar-refractivity contribution is 0.0404. The van der Waals surface area contributed by atoms with E-state index in [9.17, 15) is 10.2 Å². The van der Waals surface area contributed by atoms with Gasteiger partial charge >= 0.3 is 0 Å². The van der Waals surface area contributed by atoms with Gasteiger partial charge in [-0.05, 0) is 29.8 Å². The molecule has 0 amide bonds. The van der Waals surface area contributed by atoms with E-state index in [-0.39, 0.29) is 12.6 Å². The molecule has 2 rings (SSSR count). The lowest BCUT2D eigenvalue weighted by Gasteiger charge is -2.34. The van der Waals surface area contributed by atoms with Crippen LogP contribution in [0.2, 0.25) is 0 Å². The normalized spacial score (nSPS) is 13.8. The minimum absolute atomic E-state index is 0.0620. The molecule has 0 saturated carbocycles. The SMILES string of the molecule is CCN(CCO)[C@@H](c1ccccc1)[C@H](O)c1ccc(OC)cc1. The molecule has 0 fully saturated rings.